The van der Waals surface area contributed by atoms with Gasteiger partial charge in [-0.15, -0.1) is 0 Å². The summed E-state index contributed by atoms with van der Waals surface area (Å²) in [6, 6.07) is 9.89. The van der Waals surface area contributed by atoms with Gasteiger partial charge in [0.05, 0.1) is 6.61 Å². The number of ether oxygens (including phenoxy) is 1. The smallest absolute Gasteiger partial charge is 0.411 e. The normalized spacial score (nSPS) is 11.5. The number of carbonyl (C=O) groups is 1. The molecule has 0 aliphatic rings. The second-order valence-electron chi connectivity index (χ2n) is 4.71. The molecule has 2 rings (SSSR count). The first-order chi connectivity index (χ1) is 10.8. The van der Waals surface area contributed by atoms with Crippen molar-refractivity contribution in [2.24, 2.45) is 0 Å². The number of amides is 1. The summed E-state index contributed by atoms with van der Waals surface area (Å²) < 4.78 is 46.0. The lowest BCUT2D eigenvalue weighted by Gasteiger charge is -2.08. The van der Waals surface area contributed by atoms with Gasteiger partial charge in [0.25, 0.3) is 5.91 Å². The lowest BCUT2D eigenvalue weighted by molar-refractivity contribution is -0.176. The van der Waals surface area contributed by atoms with Gasteiger partial charge in [0, 0.05) is 6.54 Å². The van der Waals surface area contributed by atoms with Crippen LogP contribution in [0.15, 0.2) is 45.5 Å². The third-order valence-corrected chi connectivity index (χ3v) is 3.23. The van der Waals surface area contributed by atoms with Gasteiger partial charge in [-0.05, 0) is 39.2 Å². The molecule has 0 aliphatic carbocycles. The molecular formula is C15H13BrF3NO3. The zero-order valence-corrected chi connectivity index (χ0v) is 13.4. The first-order valence-corrected chi connectivity index (χ1v) is 7.38. The van der Waals surface area contributed by atoms with E-state index in [0.717, 1.165) is 5.56 Å². The van der Waals surface area contributed by atoms with E-state index in [2.05, 4.69) is 26.0 Å². The number of halogens is 4. The fraction of sp³-hybridized carbons (Fsp3) is 0.267. The number of nitrogens with one attached hydrogen (secondary N) is 1. The third-order valence-electron chi connectivity index (χ3n) is 2.81. The largest absolute Gasteiger partial charge is 0.444 e. The maximum Gasteiger partial charge on any atom is 0.411 e. The minimum absolute atomic E-state index is 0.118. The van der Waals surface area contributed by atoms with E-state index in [1.807, 2.05) is 0 Å². The SMILES string of the molecule is O=C(NCc1ccc(COCC(F)(F)F)cc1)c1ccc(Br)o1. The molecule has 0 aliphatic heterocycles. The van der Waals surface area contributed by atoms with Crippen LogP contribution < -0.4 is 5.32 Å². The van der Waals surface area contributed by atoms with Crippen molar-refractivity contribution in [2.45, 2.75) is 19.3 Å². The monoisotopic (exact) mass is 391 g/mol. The molecule has 1 heterocycles. The Morgan fingerprint density at radius 2 is 1.78 bits per heavy atom. The van der Waals surface area contributed by atoms with Crippen molar-refractivity contribution in [2.75, 3.05) is 6.61 Å². The fourth-order valence-corrected chi connectivity index (χ4v) is 2.05. The summed E-state index contributed by atoms with van der Waals surface area (Å²) in [5, 5.41) is 2.68. The van der Waals surface area contributed by atoms with Crippen LogP contribution >= 0.6 is 15.9 Å². The van der Waals surface area contributed by atoms with Crippen molar-refractivity contribution in [1.29, 1.82) is 0 Å². The van der Waals surface area contributed by atoms with Gasteiger partial charge in [-0.1, -0.05) is 24.3 Å². The highest BCUT2D eigenvalue weighted by molar-refractivity contribution is 9.10. The van der Waals surface area contributed by atoms with Crippen LogP contribution in [0, 0.1) is 0 Å². The molecular weight excluding hydrogens is 379 g/mol. The molecule has 1 aromatic heterocycles. The summed E-state index contributed by atoms with van der Waals surface area (Å²) >= 11 is 3.11. The zero-order valence-electron chi connectivity index (χ0n) is 11.8. The maximum atomic E-state index is 12.0. The Morgan fingerprint density at radius 1 is 1.13 bits per heavy atom. The van der Waals surface area contributed by atoms with Crippen LogP contribution in [0.3, 0.4) is 0 Å². The molecule has 124 valence electrons. The van der Waals surface area contributed by atoms with E-state index in [1.54, 1.807) is 36.4 Å². The Bertz CT molecular complexity index is 653. The Kier molecular flexibility index (Phi) is 5.84. The van der Waals surface area contributed by atoms with Crippen LogP contribution in [0.25, 0.3) is 0 Å². The summed E-state index contributed by atoms with van der Waals surface area (Å²) in [7, 11) is 0. The number of benzene rings is 1. The van der Waals surface area contributed by atoms with E-state index in [0.29, 0.717) is 10.2 Å². The van der Waals surface area contributed by atoms with E-state index in [9.17, 15) is 18.0 Å². The molecule has 0 unspecified atom stereocenters. The van der Waals surface area contributed by atoms with Crippen molar-refractivity contribution in [3.63, 3.8) is 0 Å². The number of hydrogen-bond donors (Lipinski definition) is 1. The van der Waals surface area contributed by atoms with Crippen LogP contribution in [0.1, 0.15) is 21.7 Å². The van der Waals surface area contributed by atoms with Crippen molar-refractivity contribution < 1.29 is 27.1 Å². The second kappa shape index (κ2) is 7.65. The Labute approximate surface area is 138 Å². The molecule has 8 heteroatoms. The van der Waals surface area contributed by atoms with Crippen molar-refractivity contribution in [3.05, 3.63) is 58.0 Å². The van der Waals surface area contributed by atoms with Crippen LogP contribution in [-0.4, -0.2) is 18.7 Å². The van der Waals surface area contributed by atoms with Gasteiger partial charge in [0.2, 0.25) is 0 Å². The third kappa shape index (κ3) is 6.07. The Hall–Kier alpha value is -1.80. The van der Waals surface area contributed by atoms with Gasteiger partial charge < -0.3 is 14.5 Å². The van der Waals surface area contributed by atoms with E-state index in [4.69, 9.17) is 4.42 Å². The summed E-state index contributed by atoms with van der Waals surface area (Å²) in [6.07, 6.45) is -4.33. The lowest BCUT2D eigenvalue weighted by Crippen LogP contribution is -2.22. The Balaban J connectivity index is 1.79. The number of alkyl halides is 3. The molecule has 2 aromatic rings. The number of rotatable bonds is 6. The standard InChI is InChI=1S/C15H13BrF3NO3/c16-13-6-5-12(23-13)14(21)20-7-10-1-3-11(4-2-10)8-22-9-15(17,18)19/h1-6H,7-9H2,(H,20,21). The fourth-order valence-electron chi connectivity index (χ4n) is 1.74. The number of hydrogen-bond acceptors (Lipinski definition) is 3. The van der Waals surface area contributed by atoms with Crippen LogP contribution in [0.2, 0.25) is 0 Å². The maximum absolute atomic E-state index is 12.0. The molecule has 4 nitrogen and oxygen atoms in total. The predicted octanol–water partition coefficient (Wildman–Crippen LogP) is 4.05. The topological polar surface area (TPSA) is 51.5 Å². The van der Waals surface area contributed by atoms with Crippen LogP contribution in [-0.2, 0) is 17.9 Å². The molecule has 0 fully saturated rings. The van der Waals surface area contributed by atoms with Gasteiger partial charge in [-0.3, -0.25) is 4.79 Å². The molecule has 1 amide bonds. The highest BCUT2D eigenvalue weighted by Gasteiger charge is 2.27. The minimum Gasteiger partial charge on any atom is -0.444 e. The molecule has 1 N–H and O–H groups in total. The molecule has 0 spiro atoms. The first kappa shape index (κ1) is 17.6. The molecule has 0 saturated heterocycles. The Morgan fingerprint density at radius 3 is 2.35 bits per heavy atom. The van der Waals surface area contributed by atoms with Crippen LogP contribution in [0.4, 0.5) is 13.2 Å². The lowest BCUT2D eigenvalue weighted by atomic mass is 10.1. The average molecular weight is 392 g/mol. The van der Waals surface area contributed by atoms with Gasteiger partial charge in [-0.25, -0.2) is 0 Å². The molecule has 23 heavy (non-hydrogen) atoms. The van der Waals surface area contributed by atoms with E-state index >= 15 is 0 Å². The van der Waals surface area contributed by atoms with Crippen molar-refractivity contribution >= 4 is 21.8 Å². The molecule has 1 aromatic carbocycles. The first-order valence-electron chi connectivity index (χ1n) is 6.59. The van der Waals surface area contributed by atoms with Gasteiger partial charge in [-0.2, -0.15) is 13.2 Å². The minimum atomic E-state index is -4.33. The zero-order chi connectivity index (χ0) is 16.9. The summed E-state index contributed by atoms with van der Waals surface area (Å²) in [5.74, 6) is -0.165. The second-order valence-corrected chi connectivity index (χ2v) is 5.49. The summed E-state index contributed by atoms with van der Waals surface area (Å²) in [6.45, 7) is -1.11. The highest BCUT2D eigenvalue weighted by Crippen LogP contribution is 2.16. The van der Waals surface area contributed by atoms with E-state index < -0.39 is 12.8 Å². The van der Waals surface area contributed by atoms with Gasteiger partial charge >= 0.3 is 6.18 Å². The molecule has 0 atom stereocenters. The summed E-state index contributed by atoms with van der Waals surface area (Å²) in [5.41, 5.74) is 1.43. The average Bonchev–Trinajstić information content (AvgIpc) is 2.91. The van der Waals surface area contributed by atoms with Crippen LogP contribution in [0.5, 0.6) is 0 Å². The van der Waals surface area contributed by atoms with E-state index in [1.165, 1.54) is 0 Å². The van der Waals surface area contributed by atoms with Crippen molar-refractivity contribution in [1.82, 2.24) is 5.32 Å². The predicted molar refractivity (Wildman–Crippen MR) is 79.7 cm³/mol. The molecule has 0 bridgehead atoms. The number of furan rings is 1. The van der Waals surface area contributed by atoms with E-state index in [-0.39, 0.29) is 24.8 Å². The molecule has 0 saturated carbocycles. The summed E-state index contributed by atoms with van der Waals surface area (Å²) in [4.78, 5) is 11.8. The highest BCUT2D eigenvalue weighted by atomic mass is 79.9. The van der Waals surface area contributed by atoms with Crippen molar-refractivity contribution in [3.8, 4) is 0 Å². The van der Waals surface area contributed by atoms with Gasteiger partial charge in [0.15, 0.2) is 10.4 Å². The molecule has 0 radical (unpaired) electrons. The number of carbonyl (C=O) groups excluding carboxylic acids is 1. The quantitative estimate of drug-likeness (QED) is 0.807. The van der Waals surface area contributed by atoms with Gasteiger partial charge in [0.1, 0.15) is 6.61 Å².